The smallest absolute Gasteiger partial charge is 0.269 e. The summed E-state index contributed by atoms with van der Waals surface area (Å²) in [4.78, 5) is 20.4. The Bertz CT molecular complexity index is 965. The first kappa shape index (κ1) is 19.2. The van der Waals surface area contributed by atoms with Crippen molar-refractivity contribution >= 4 is 34.8 Å². The Labute approximate surface area is 167 Å². The monoisotopic (exact) mass is 398 g/mol. The molecule has 0 aliphatic rings. The number of nitrogen functional groups attached to an aromatic ring is 1. The fraction of sp³-hybridized carbons (Fsp3) is 0.105. The molecule has 0 aliphatic carbocycles. The molecule has 3 aromatic rings. The van der Waals surface area contributed by atoms with Crippen molar-refractivity contribution in [2.45, 2.75) is 6.54 Å². The Morgan fingerprint density at radius 1 is 1.14 bits per heavy atom. The molecule has 144 valence electrons. The number of nitrogens with zero attached hydrogens (tertiary/aromatic N) is 2. The third-order valence-electron chi connectivity index (χ3n) is 3.88. The minimum atomic E-state index is -0.367. The second kappa shape index (κ2) is 8.92. The molecule has 0 atom stereocenters. The number of nitrogens with one attached hydrogen (secondary N) is 3. The van der Waals surface area contributed by atoms with Gasteiger partial charge in [-0.2, -0.15) is 0 Å². The van der Waals surface area contributed by atoms with Crippen LogP contribution in [0.4, 0.5) is 17.3 Å². The first-order valence-corrected chi connectivity index (χ1v) is 8.74. The highest BCUT2D eigenvalue weighted by molar-refractivity contribution is 6.30. The lowest BCUT2D eigenvalue weighted by Gasteiger charge is -2.13. The van der Waals surface area contributed by atoms with Gasteiger partial charge in [-0.3, -0.25) is 15.6 Å². The van der Waals surface area contributed by atoms with Crippen LogP contribution in [0.5, 0.6) is 5.75 Å². The minimum absolute atomic E-state index is 0.280. The van der Waals surface area contributed by atoms with Crippen LogP contribution in [0.3, 0.4) is 0 Å². The van der Waals surface area contributed by atoms with Crippen LogP contribution in [0, 0.1) is 0 Å². The molecule has 5 N–H and O–H groups in total. The topological polar surface area (TPSA) is 114 Å². The number of carbonyl (C=O) groups is 1. The first-order valence-electron chi connectivity index (χ1n) is 8.36. The average molecular weight is 399 g/mol. The van der Waals surface area contributed by atoms with E-state index in [4.69, 9.17) is 22.1 Å². The summed E-state index contributed by atoms with van der Waals surface area (Å²) in [6.45, 7) is 0.513. The van der Waals surface area contributed by atoms with Crippen LogP contribution >= 0.6 is 11.6 Å². The largest absolute Gasteiger partial charge is 0.497 e. The molecule has 0 radical (unpaired) electrons. The van der Waals surface area contributed by atoms with Gasteiger partial charge in [-0.25, -0.2) is 9.97 Å². The van der Waals surface area contributed by atoms with Gasteiger partial charge in [0.1, 0.15) is 17.8 Å². The van der Waals surface area contributed by atoms with E-state index in [1.54, 1.807) is 31.4 Å². The summed E-state index contributed by atoms with van der Waals surface area (Å²) in [5.41, 5.74) is 13.1. The van der Waals surface area contributed by atoms with Crippen molar-refractivity contribution in [3.8, 4) is 5.75 Å². The van der Waals surface area contributed by atoms with Gasteiger partial charge in [0, 0.05) is 17.1 Å². The SMILES string of the molecule is COc1ccc(CNc2ncnc(NNC(=O)c3cccc(Cl)c3)c2N)cc1. The zero-order chi connectivity index (χ0) is 19.9. The summed E-state index contributed by atoms with van der Waals surface area (Å²) < 4.78 is 5.14. The number of aromatic nitrogens is 2. The Kier molecular flexibility index (Phi) is 6.13. The lowest BCUT2D eigenvalue weighted by Crippen LogP contribution is -2.30. The molecule has 0 spiro atoms. The van der Waals surface area contributed by atoms with Gasteiger partial charge in [0.05, 0.1) is 7.11 Å². The number of benzene rings is 2. The molecule has 0 saturated heterocycles. The van der Waals surface area contributed by atoms with Crippen molar-refractivity contribution in [3.05, 3.63) is 71.0 Å². The van der Waals surface area contributed by atoms with E-state index in [-0.39, 0.29) is 17.4 Å². The number of hydrazine groups is 1. The molecule has 0 aliphatic heterocycles. The number of hydrogen-bond acceptors (Lipinski definition) is 7. The minimum Gasteiger partial charge on any atom is -0.497 e. The van der Waals surface area contributed by atoms with E-state index in [9.17, 15) is 4.79 Å². The van der Waals surface area contributed by atoms with Gasteiger partial charge < -0.3 is 15.8 Å². The third-order valence-corrected chi connectivity index (χ3v) is 4.12. The zero-order valence-electron chi connectivity index (χ0n) is 15.1. The number of carbonyl (C=O) groups excluding carboxylic acids is 1. The number of nitrogens with two attached hydrogens (primary N) is 1. The predicted octanol–water partition coefficient (Wildman–Crippen LogP) is 3.09. The number of methoxy groups -OCH3 is 1. The summed E-state index contributed by atoms with van der Waals surface area (Å²) in [7, 11) is 1.62. The lowest BCUT2D eigenvalue weighted by atomic mass is 10.2. The Balaban J connectivity index is 1.62. The summed E-state index contributed by atoms with van der Waals surface area (Å²) in [6, 6.07) is 14.2. The average Bonchev–Trinajstić information content (AvgIpc) is 2.72. The van der Waals surface area contributed by atoms with Gasteiger partial charge in [0.15, 0.2) is 11.6 Å². The molecule has 8 nitrogen and oxygen atoms in total. The molecule has 1 aromatic heterocycles. The number of rotatable bonds is 7. The Morgan fingerprint density at radius 2 is 1.89 bits per heavy atom. The van der Waals surface area contributed by atoms with Gasteiger partial charge in [0.2, 0.25) is 0 Å². The van der Waals surface area contributed by atoms with Gasteiger partial charge in [-0.05, 0) is 35.9 Å². The van der Waals surface area contributed by atoms with E-state index in [1.165, 1.54) is 6.33 Å². The van der Waals surface area contributed by atoms with Crippen LogP contribution in [-0.2, 0) is 6.54 Å². The second-order valence-electron chi connectivity index (χ2n) is 5.78. The van der Waals surface area contributed by atoms with Crippen molar-refractivity contribution < 1.29 is 9.53 Å². The maximum Gasteiger partial charge on any atom is 0.269 e. The van der Waals surface area contributed by atoms with Crippen molar-refractivity contribution in [3.63, 3.8) is 0 Å². The maximum absolute atomic E-state index is 12.2. The molecule has 1 amide bonds. The molecule has 0 unspecified atom stereocenters. The van der Waals surface area contributed by atoms with Crippen LogP contribution in [0.2, 0.25) is 5.02 Å². The Morgan fingerprint density at radius 3 is 2.61 bits per heavy atom. The van der Waals surface area contributed by atoms with E-state index in [0.29, 0.717) is 22.9 Å². The molecule has 3 rings (SSSR count). The highest BCUT2D eigenvalue weighted by Crippen LogP contribution is 2.22. The van der Waals surface area contributed by atoms with E-state index >= 15 is 0 Å². The fourth-order valence-corrected chi connectivity index (χ4v) is 2.57. The van der Waals surface area contributed by atoms with Crippen molar-refractivity contribution in [1.29, 1.82) is 0 Å². The molecule has 9 heteroatoms. The number of ether oxygens (including phenoxy) is 1. The van der Waals surface area contributed by atoms with Crippen LogP contribution < -0.4 is 26.6 Å². The van der Waals surface area contributed by atoms with Gasteiger partial charge >= 0.3 is 0 Å². The van der Waals surface area contributed by atoms with E-state index in [2.05, 4.69) is 26.1 Å². The summed E-state index contributed by atoms with van der Waals surface area (Å²) in [6.07, 6.45) is 1.35. The van der Waals surface area contributed by atoms with Crippen molar-refractivity contribution in [2.24, 2.45) is 0 Å². The van der Waals surface area contributed by atoms with Crippen LogP contribution in [0.1, 0.15) is 15.9 Å². The van der Waals surface area contributed by atoms with Gasteiger partial charge in [0.25, 0.3) is 5.91 Å². The van der Waals surface area contributed by atoms with Crippen LogP contribution in [0.25, 0.3) is 0 Å². The second-order valence-corrected chi connectivity index (χ2v) is 6.21. The van der Waals surface area contributed by atoms with Crippen LogP contribution in [0.15, 0.2) is 54.9 Å². The van der Waals surface area contributed by atoms with E-state index in [0.717, 1.165) is 11.3 Å². The molecular weight excluding hydrogens is 380 g/mol. The summed E-state index contributed by atoms with van der Waals surface area (Å²) in [5, 5.41) is 3.62. The highest BCUT2D eigenvalue weighted by Gasteiger charge is 2.10. The zero-order valence-corrected chi connectivity index (χ0v) is 15.8. The number of hydrogen-bond donors (Lipinski definition) is 4. The highest BCUT2D eigenvalue weighted by atomic mass is 35.5. The van der Waals surface area contributed by atoms with Gasteiger partial charge in [-0.15, -0.1) is 0 Å². The quantitative estimate of drug-likeness (QED) is 0.452. The molecule has 0 fully saturated rings. The first-order chi connectivity index (χ1) is 13.6. The predicted molar refractivity (Wildman–Crippen MR) is 109 cm³/mol. The van der Waals surface area contributed by atoms with Crippen molar-refractivity contribution in [2.75, 3.05) is 23.6 Å². The molecule has 2 aromatic carbocycles. The number of amides is 1. The summed E-state index contributed by atoms with van der Waals surface area (Å²) in [5.74, 6) is 1.15. The number of anilines is 3. The molecule has 28 heavy (non-hydrogen) atoms. The molecule has 0 saturated carbocycles. The van der Waals surface area contributed by atoms with E-state index in [1.807, 2.05) is 24.3 Å². The van der Waals surface area contributed by atoms with Gasteiger partial charge in [-0.1, -0.05) is 29.8 Å². The van der Waals surface area contributed by atoms with Crippen LogP contribution in [-0.4, -0.2) is 23.0 Å². The molecule has 0 bridgehead atoms. The summed E-state index contributed by atoms with van der Waals surface area (Å²) >= 11 is 5.90. The normalized spacial score (nSPS) is 10.2. The fourth-order valence-electron chi connectivity index (χ4n) is 2.38. The molecule has 1 heterocycles. The van der Waals surface area contributed by atoms with E-state index < -0.39 is 0 Å². The Hall–Kier alpha value is -3.52. The van der Waals surface area contributed by atoms with Crippen molar-refractivity contribution in [1.82, 2.24) is 15.4 Å². The third kappa shape index (κ3) is 4.80. The molecular formula is C19H19ClN6O2. The standard InChI is InChI=1S/C19H19ClN6O2/c1-28-15-7-5-12(6-8-15)10-22-17-16(21)18(24-11-23-17)25-26-19(27)13-3-2-4-14(20)9-13/h2-9,11H,10,21H2,1H3,(H,26,27)(H2,22,23,24,25). The maximum atomic E-state index is 12.2. The lowest BCUT2D eigenvalue weighted by molar-refractivity contribution is 0.0962. The number of halogens is 1.